The van der Waals surface area contributed by atoms with Crippen molar-refractivity contribution in [1.82, 2.24) is 16.0 Å². The summed E-state index contributed by atoms with van der Waals surface area (Å²) in [5, 5.41) is 25.6. The van der Waals surface area contributed by atoms with E-state index in [1.807, 2.05) is 0 Å². The van der Waals surface area contributed by atoms with Crippen LogP contribution in [0.4, 0.5) is 0 Å². The van der Waals surface area contributed by atoms with Crippen LogP contribution < -0.4 is 27.4 Å². The van der Waals surface area contributed by atoms with E-state index in [9.17, 15) is 29.1 Å². The van der Waals surface area contributed by atoms with Crippen LogP contribution in [-0.4, -0.2) is 76.3 Å². The molecule has 184 valence electrons. The quantitative estimate of drug-likeness (QED) is 0.0950. The zero-order chi connectivity index (χ0) is 24.8. The van der Waals surface area contributed by atoms with Gasteiger partial charge in [-0.2, -0.15) is 12.6 Å². The Kier molecular flexibility index (Phi) is 14.3. The van der Waals surface area contributed by atoms with Gasteiger partial charge >= 0.3 is 11.9 Å². The molecule has 9 N–H and O–H groups in total. The van der Waals surface area contributed by atoms with E-state index in [2.05, 4.69) is 28.6 Å². The summed E-state index contributed by atoms with van der Waals surface area (Å²) in [5.41, 5.74) is 11.1. The first-order valence-corrected chi connectivity index (χ1v) is 11.0. The molecule has 13 heteroatoms. The molecule has 0 aromatic carbocycles. The van der Waals surface area contributed by atoms with E-state index in [1.54, 1.807) is 13.8 Å². The lowest BCUT2D eigenvalue weighted by Gasteiger charge is -2.26. The molecule has 0 saturated carbocycles. The largest absolute Gasteiger partial charge is 0.481 e. The maximum Gasteiger partial charge on any atom is 0.326 e. The van der Waals surface area contributed by atoms with Crippen LogP contribution in [0.15, 0.2) is 0 Å². The Bertz CT molecular complexity index is 664. The summed E-state index contributed by atoms with van der Waals surface area (Å²) in [6.45, 7) is 3.74. The number of nitrogens with one attached hydrogen (secondary N) is 3. The minimum absolute atomic E-state index is 0.0409. The minimum atomic E-state index is -1.54. The Labute approximate surface area is 192 Å². The van der Waals surface area contributed by atoms with Crippen molar-refractivity contribution in [1.29, 1.82) is 0 Å². The molecule has 0 aliphatic heterocycles. The highest BCUT2D eigenvalue weighted by Gasteiger charge is 2.32. The molecule has 5 atom stereocenters. The number of carboxylic acid groups (broad SMARTS) is 2. The lowest BCUT2D eigenvalue weighted by Crippen LogP contribution is -2.58. The molecule has 0 aliphatic carbocycles. The van der Waals surface area contributed by atoms with Crippen LogP contribution in [0.5, 0.6) is 0 Å². The van der Waals surface area contributed by atoms with Crippen LogP contribution >= 0.6 is 12.6 Å². The van der Waals surface area contributed by atoms with Gasteiger partial charge in [0.05, 0.1) is 12.5 Å². The van der Waals surface area contributed by atoms with Gasteiger partial charge in [-0.05, 0) is 31.7 Å². The molecule has 0 aromatic heterocycles. The molecule has 0 fully saturated rings. The van der Waals surface area contributed by atoms with E-state index in [-0.39, 0.29) is 12.2 Å². The fourth-order valence-corrected chi connectivity index (χ4v) is 2.88. The molecular weight excluding hydrogens is 442 g/mol. The van der Waals surface area contributed by atoms with Gasteiger partial charge in [0.25, 0.3) is 0 Å². The number of carbonyl (C=O) groups is 5. The lowest BCUT2D eigenvalue weighted by molar-refractivity contribution is -0.144. The molecule has 0 aromatic rings. The van der Waals surface area contributed by atoms with Crippen LogP contribution in [0.3, 0.4) is 0 Å². The van der Waals surface area contributed by atoms with E-state index >= 15 is 0 Å². The number of unbranched alkanes of at least 4 members (excludes halogenated alkanes) is 1. The third-order valence-electron chi connectivity index (χ3n) is 4.90. The average Bonchev–Trinajstić information content (AvgIpc) is 2.74. The van der Waals surface area contributed by atoms with Crippen molar-refractivity contribution in [3.63, 3.8) is 0 Å². The predicted molar refractivity (Wildman–Crippen MR) is 120 cm³/mol. The van der Waals surface area contributed by atoms with Gasteiger partial charge in [0.15, 0.2) is 0 Å². The van der Waals surface area contributed by atoms with Crippen LogP contribution in [0.25, 0.3) is 0 Å². The number of hydrogen-bond acceptors (Lipinski definition) is 8. The lowest BCUT2D eigenvalue weighted by atomic mass is 9.98. The first kappa shape index (κ1) is 29.6. The summed E-state index contributed by atoms with van der Waals surface area (Å²) in [6.07, 6.45) is 0.917. The van der Waals surface area contributed by atoms with Crippen molar-refractivity contribution in [2.24, 2.45) is 17.4 Å². The molecule has 0 aliphatic rings. The standard InChI is InChI=1S/C19H35N5O7S/c1-3-10(2)15(19(30)31)24-18(29)13(8-14(25)26)23-17(28)12(6-4-5-7-20)22-16(27)11(21)9-32/h10-13,15,32H,3-9,20-21H2,1-2H3,(H,22,27)(H,23,28)(H,24,29)(H,25,26)(H,30,31). The summed E-state index contributed by atoms with van der Waals surface area (Å²) in [4.78, 5) is 60.2. The highest BCUT2D eigenvalue weighted by Crippen LogP contribution is 2.09. The molecule has 0 bridgehead atoms. The number of thiol groups is 1. The van der Waals surface area contributed by atoms with Gasteiger partial charge in [-0.15, -0.1) is 0 Å². The van der Waals surface area contributed by atoms with Gasteiger partial charge in [0.1, 0.15) is 18.1 Å². The second-order valence-electron chi connectivity index (χ2n) is 7.50. The fourth-order valence-electron chi connectivity index (χ4n) is 2.72. The van der Waals surface area contributed by atoms with E-state index in [0.717, 1.165) is 0 Å². The highest BCUT2D eigenvalue weighted by molar-refractivity contribution is 7.80. The first-order chi connectivity index (χ1) is 15.0. The fraction of sp³-hybridized carbons (Fsp3) is 0.737. The van der Waals surface area contributed by atoms with E-state index < -0.39 is 66.2 Å². The molecule has 5 unspecified atom stereocenters. The number of carbonyl (C=O) groups excluding carboxylic acids is 3. The van der Waals surface area contributed by atoms with E-state index in [0.29, 0.717) is 25.8 Å². The van der Waals surface area contributed by atoms with Crippen molar-refractivity contribution < 1.29 is 34.2 Å². The Morgan fingerprint density at radius 3 is 1.97 bits per heavy atom. The number of rotatable bonds is 16. The Morgan fingerprint density at radius 1 is 0.938 bits per heavy atom. The zero-order valence-corrected chi connectivity index (χ0v) is 19.3. The van der Waals surface area contributed by atoms with Gasteiger partial charge in [-0.25, -0.2) is 4.79 Å². The summed E-state index contributed by atoms with van der Waals surface area (Å²) < 4.78 is 0. The van der Waals surface area contributed by atoms with Crippen molar-refractivity contribution in [3.8, 4) is 0 Å². The number of hydrogen-bond donors (Lipinski definition) is 8. The van der Waals surface area contributed by atoms with Crippen molar-refractivity contribution in [2.75, 3.05) is 12.3 Å². The average molecular weight is 478 g/mol. The summed E-state index contributed by atoms with van der Waals surface area (Å²) in [7, 11) is 0. The van der Waals surface area contributed by atoms with Crippen LogP contribution in [-0.2, 0) is 24.0 Å². The molecular formula is C19H35N5O7S. The van der Waals surface area contributed by atoms with Crippen LogP contribution in [0.2, 0.25) is 0 Å². The minimum Gasteiger partial charge on any atom is -0.481 e. The second-order valence-corrected chi connectivity index (χ2v) is 7.87. The van der Waals surface area contributed by atoms with Gasteiger partial charge in [-0.1, -0.05) is 20.3 Å². The molecule has 0 saturated heterocycles. The molecule has 0 heterocycles. The Morgan fingerprint density at radius 2 is 1.50 bits per heavy atom. The summed E-state index contributed by atoms with van der Waals surface area (Å²) >= 11 is 3.94. The number of carboxylic acids is 2. The normalized spacial score (nSPS) is 15.5. The Hall–Kier alpha value is -2.38. The number of aliphatic carboxylic acids is 2. The van der Waals surface area contributed by atoms with Crippen LogP contribution in [0.1, 0.15) is 46.0 Å². The van der Waals surface area contributed by atoms with Gasteiger partial charge in [0.2, 0.25) is 17.7 Å². The first-order valence-electron chi connectivity index (χ1n) is 10.4. The van der Waals surface area contributed by atoms with Crippen molar-refractivity contribution in [2.45, 2.75) is 70.1 Å². The molecule has 12 nitrogen and oxygen atoms in total. The molecule has 0 spiro atoms. The maximum absolute atomic E-state index is 12.8. The maximum atomic E-state index is 12.8. The molecule has 0 radical (unpaired) electrons. The molecule has 0 rings (SSSR count). The summed E-state index contributed by atoms with van der Waals surface area (Å²) in [5.74, 6) is -5.41. The number of nitrogens with two attached hydrogens (primary N) is 2. The zero-order valence-electron chi connectivity index (χ0n) is 18.4. The number of amides is 3. The van der Waals surface area contributed by atoms with Gasteiger partial charge in [0, 0.05) is 5.75 Å². The Balaban J connectivity index is 5.51. The SMILES string of the molecule is CCC(C)C(NC(=O)C(CC(=O)O)NC(=O)C(CCCCN)NC(=O)C(N)CS)C(=O)O. The van der Waals surface area contributed by atoms with Crippen molar-refractivity contribution in [3.05, 3.63) is 0 Å². The third kappa shape index (κ3) is 10.8. The molecule has 32 heavy (non-hydrogen) atoms. The van der Waals surface area contributed by atoms with Gasteiger partial charge < -0.3 is 37.6 Å². The van der Waals surface area contributed by atoms with E-state index in [4.69, 9.17) is 16.6 Å². The van der Waals surface area contributed by atoms with Crippen molar-refractivity contribution >= 4 is 42.3 Å². The van der Waals surface area contributed by atoms with E-state index in [1.165, 1.54) is 0 Å². The monoisotopic (exact) mass is 477 g/mol. The third-order valence-corrected chi connectivity index (χ3v) is 5.30. The van der Waals surface area contributed by atoms with Crippen LogP contribution in [0, 0.1) is 5.92 Å². The smallest absolute Gasteiger partial charge is 0.326 e. The van der Waals surface area contributed by atoms with Gasteiger partial charge in [-0.3, -0.25) is 19.2 Å². The highest BCUT2D eigenvalue weighted by atomic mass is 32.1. The predicted octanol–water partition coefficient (Wildman–Crippen LogP) is -1.57. The topological polar surface area (TPSA) is 214 Å². The summed E-state index contributed by atoms with van der Waals surface area (Å²) in [6, 6.07) is -4.85. The second kappa shape index (κ2) is 15.4. The molecule has 3 amide bonds.